The van der Waals surface area contributed by atoms with E-state index in [0.717, 1.165) is 59.5 Å². The second-order valence-electron chi connectivity index (χ2n) is 8.13. The molecule has 0 radical (unpaired) electrons. The molecule has 6 nitrogen and oxygen atoms in total. The molecule has 0 saturated heterocycles. The fourth-order valence-corrected chi connectivity index (χ4v) is 4.49. The summed E-state index contributed by atoms with van der Waals surface area (Å²) < 4.78 is 5.35. The molecule has 0 saturated carbocycles. The summed E-state index contributed by atoms with van der Waals surface area (Å²) in [6, 6.07) is 12.1. The van der Waals surface area contributed by atoms with Crippen molar-refractivity contribution in [2.75, 3.05) is 31.6 Å². The molecule has 0 atom stereocenters. The fraction of sp³-hybridized carbons (Fsp3) is 0.346. The number of ether oxygens (including phenoxy) is 1. The van der Waals surface area contributed by atoms with Crippen molar-refractivity contribution in [2.45, 2.75) is 33.1 Å². The number of halogens is 1. The minimum atomic E-state index is -0.370. The van der Waals surface area contributed by atoms with Crippen LogP contribution in [0.15, 0.2) is 42.5 Å². The van der Waals surface area contributed by atoms with E-state index in [2.05, 4.69) is 24.1 Å². The quantitative estimate of drug-likeness (QED) is 0.467. The van der Waals surface area contributed by atoms with E-state index in [1.54, 1.807) is 36.4 Å². The van der Waals surface area contributed by atoms with Crippen LogP contribution in [-0.4, -0.2) is 48.0 Å². The second-order valence-corrected chi connectivity index (χ2v) is 8.51. The van der Waals surface area contributed by atoms with E-state index in [0.29, 0.717) is 30.0 Å². The number of pyridine rings is 1. The molecule has 1 heterocycles. The summed E-state index contributed by atoms with van der Waals surface area (Å²) in [5, 5.41) is 4.49. The van der Waals surface area contributed by atoms with Crippen LogP contribution in [0.25, 0.3) is 10.9 Å². The topological polar surface area (TPSA) is 71.5 Å². The van der Waals surface area contributed by atoms with Gasteiger partial charge >= 0.3 is 5.97 Å². The van der Waals surface area contributed by atoms with Gasteiger partial charge < -0.3 is 15.0 Å². The van der Waals surface area contributed by atoms with Gasteiger partial charge in [-0.25, -0.2) is 4.79 Å². The highest BCUT2D eigenvalue weighted by Crippen LogP contribution is 2.33. The minimum absolute atomic E-state index is 0.245. The highest BCUT2D eigenvalue weighted by atomic mass is 35.5. The summed E-state index contributed by atoms with van der Waals surface area (Å²) in [4.78, 5) is 31.9. The van der Waals surface area contributed by atoms with Crippen LogP contribution in [0, 0.1) is 0 Å². The van der Waals surface area contributed by atoms with Crippen molar-refractivity contribution in [3.63, 3.8) is 0 Å². The third kappa shape index (κ3) is 5.18. The second kappa shape index (κ2) is 10.3. The lowest BCUT2D eigenvalue weighted by atomic mass is 10.1. The normalized spacial score (nSPS) is 12.7. The minimum Gasteiger partial charge on any atom is -0.461 e. The van der Waals surface area contributed by atoms with Crippen LogP contribution in [0.4, 0.5) is 5.69 Å². The van der Waals surface area contributed by atoms with Crippen molar-refractivity contribution >= 4 is 40.1 Å². The number of esters is 1. The van der Waals surface area contributed by atoms with Gasteiger partial charge in [-0.1, -0.05) is 31.5 Å². The number of likely N-dealkylation sites (N-methyl/N-ethyl adjacent to an activating group) is 1. The van der Waals surface area contributed by atoms with Gasteiger partial charge in [-0.15, -0.1) is 0 Å². The Morgan fingerprint density at radius 3 is 2.52 bits per heavy atom. The first-order valence-electron chi connectivity index (χ1n) is 11.4. The number of hydrogen-bond acceptors (Lipinski definition) is 5. The molecule has 33 heavy (non-hydrogen) atoms. The van der Waals surface area contributed by atoms with Gasteiger partial charge in [0.25, 0.3) is 5.91 Å². The van der Waals surface area contributed by atoms with E-state index >= 15 is 0 Å². The number of carbonyl (C=O) groups is 2. The van der Waals surface area contributed by atoms with Crippen LogP contribution in [0.5, 0.6) is 0 Å². The van der Waals surface area contributed by atoms with Gasteiger partial charge in [0, 0.05) is 28.9 Å². The van der Waals surface area contributed by atoms with Crippen LogP contribution in [-0.2, 0) is 17.6 Å². The lowest BCUT2D eigenvalue weighted by Gasteiger charge is -2.17. The summed E-state index contributed by atoms with van der Waals surface area (Å²) in [7, 11) is 0. The number of rotatable bonds is 8. The molecule has 0 bridgehead atoms. The van der Waals surface area contributed by atoms with Gasteiger partial charge in [0.05, 0.1) is 16.1 Å². The lowest BCUT2D eigenvalue weighted by molar-refractivity contribution is 0.0466. The molecule has 1 amide bonds. The maximum atomic E-state index is 12.8. The van der Waals surface area contributed by atoms with Crippen LogP contribution >= 0.6 is 11.6 Å². The van der Waals surface area contributed by atoms with Crippen molar-refractivity contribution in [1.29, 1.82) is 0 Å². The third-order valence-electron chi connectivity index (χ3n) is 6.12. The Bertz CT molecular complexity index is 1170. The van der Waals surface area contributed by atoms with E-state index in [1.807, 2.05) is 6.07 Å². The number of benzene rings is 2. The number of carbonyl (C=O) groups excluding carboxylic acids is 2. The first-order valence-corrected chi connectivity index (χ1v) is 11.8. The molecular weight excluding hydrogens is 438 g/mol. The van der Waals surface area contributed by atoms with Gasteiger partial charge in [0.15, 0.2) is 0 Å². The standard InChI is InChI=1S/C26H28ClN3O3/c1-3-30(4-2)14-15-33-26(32)17-8-11-19(12-9-17)28-25(31)18-10-13-21-23(16-18)29-22-7-5-6-20(22)24(21)27/h8-13,16H,3-7,14-15H2,1-2H3,(H,28,31). The van der Waals surface area contributed by atoms with Crippen molar-refractivity contribution in [2.24, 2.45) is 0 Å². The molecular formula is C26H28ClN3O3. The maximum absolute atomic E-state index is 12.8. The number of amides is 1. The van der Waals surface area contributed by atoms with Crippen molar-refractivity contribution < 1.29 is 14.3 Å². The Morgan fingerprint density at radius 1 is 1.06 bits per heavy atom. The zero-order valence-corrected chi connectivity index (χ0v) is 19.7. The maximum Gasteiger partial charge on any atom is 0.338 e. The Balaban J connectivity index is 1.40. The van der Waals surface area contributed by atoms with Crippen LogP contribution in [0.3, 0.4) is 0 Å². The third-order valence-corrected chi connectivity index (χ3v) is 6.55. The van der Waals surface area contributed by atoms with E-state index in [9.17, 15) is 9.59 Å². The van der Waals surface area contributed by atoms with Crippen molar-refractivity contribution in [3.05, 3.63) is 69.9 Å². The van der Waals surface area contributed by atoms with Crippen molar-refractivity contribution in [3.8, 4) is 0 Å². The Kier molecular flexibility index (Phi) is 7.26. The Hall–Kier alpha value is -2.96. The molecule has 2 aromatic carbocycles. The molecule has 0 unspecified atom stereocenters. The number of aromatic nitrogens is 1. The number of fused-ring (bicyclic) bond motifs is 2. The number of aryl methyl sites for hydroxylation is 1. The van der Waals surface area contributed by atoms with Crippen LogP contribution < -0.4 is 5.32 Å². The van der Waals surface area contributed by atoms with Gasteiger partial charge in [-0.2, -0.15) is 0 Å². The zero-order chi connectivity index (χ0) is 23.4. The van der Waals surface area contributed by atoms with E-state index in [1.165, 1.54) is 0 Å². The van der Waals surface area contributed by atoms with Gasteiger partial charge in [-0.05, 0) is 74.3 Å². The van der Waals surface area contributed by atoms with Gasteiger partial charge in [-0.3, -0.25) is 9.78 Å². The lowest BCUT2D eigenvalue weighted by Crippen LogP contribution is -2.27. The first kappa shape index (κ1) is 23.2. The smallest absolute Gasteiger partial charge is 0.338 e. The molecule has 0 fully saturated rings. The highest BCUT2D eigenvalue weighted by Gasteiger charge is 2.19. The largest absolute Gasteiger partial charge is 0.461 e. The molecule has 0 aliphatic heterocycles. The Labute approximate surface area is 198 Å². The van der Waals surface area contributed by atoms with Crippen LogP contribution in [0.1, 0.15) is 52.2 Å². The van der Waals surface area contributed by atoms with E-state index in [-0.39, 0.29) is 11.9 Å². The number of nitrogens with one attached hydrogen (secondary N) is 1. The average Bonchev–Trinajstić information content (AvgIpc) is 3.31. The number of hydrogen-bond donors (Lipinski definition) is 1. The van der Waals surface area contributed by atoms with Crippen molar-refractivity contribution in [1.82, 2.24) is 9.88 Å². The molecule has 3 aromatic rings. The molecule has 0 spiro atoms. The monoisotopic (exact) mass is 465 g/mol. The predicted octanol–water partition coefficient (Wildman–Crippen LogP) is 5.13. The fourth-order valence-electron chi connectivity index (χ4n) is 4.13. The van der Waals surface area contributed by atoms with Gasteiger partial charge in [0.1, 0.15) is 6.61 Å². The number of anilines is 1. The Morgan fingerprint density at radius 2 is 1.79 bits per heavy atom. The predicted molar refractivity (Wildman–Crippen MR) is 131 cm³/mol. The first-order chi connectivity index (χ1) is 16.0. The summed E-state index contributed by atoms with van der Waals surface area (Å²) >= 11 is 6.57. The average molecular weight is 466 g/mol. The summed E-state index contributed by atoms with van der Waals surface area (Å²) in [5.74, 6) is -0.616. The molecule has 1 aliphatic carbocycles. The molecule has 1 aliphatic rings. The molecule has 172 valence electrons. The SMILES string of the molecule is CCN(CC)CCOC(=O)c1ccc(NC(=O)c2ccc3c(Cl)c4c(nc3c2)CCC4)cc1. The van der Waals surface area contributed by atoms with Crippen LogP contribution in [0.2, 0.25) is 5.02 Å². The number of nitrogens with zero attached hydrogens (tertiary/aromatic N) is 2. The highest BCUT2D eigenvalue weighted by molar-refractivity contribution is 6.36. The van der Waals surface area contributed by atoms with E-state index in [4.69, 9.17) is 21.3 Å². The molecule has 1 aromatic heterocycles. The van der Waals surface area contributed by atoms with E-state index < -0.39 is 0 Å². The molecule has 1 N–H and O–H groups in total. The summed E-state index contributed by atoms with van der Waals surface area (Å²) in [5.41, 5.74) is 4.45. The summed E-state index contributed by atoms with van der Waals surface area (Å²) in [6.07, 6.45) is 2.94. The zero-order valence-electron chi connectivity index (χ0n) is 19.0. The van der Waals surface area contributed by atoms with Gasteiger partial charge in [0.2, 0.25) is 0 Å². The molecule has 4 rings (SSSR count). The molecule has 7 heteroatoms. The summed E-state index contributed by atoms with van der Waals surface area (Å²) in [6.45, 7) is 7.06.